The predicted molar refractivity (Wildman–Crippen MR) is 60.6 cm³/mol. The average Bonchev–Trinajstić information content (AvgIpc) is 2.01. The van der Waals surface area contributed by atoms with Gasteiger partial charge in [-0.25, -0.2) is 4.57 Å². The number of benzene rings is 1. The molecule has 0 bridgehead atoms. The Morgan fingerprint density at radius 2 is 1.60 bits per heavy atom. The molecule has 0 fully saturated rings. The Balaban J connectivity index is 0.000000583. The normalized spacial score (nSPS) is 9.47. The van der Waals surface area contributed by atoms with Gasteiger partial charge in [0.15, 0.2) is 0 Å². The number of rotatable bonds is 1. The standard InChI is InChI=1S/C10H11O.Na.HO2P/c1-7-4-8(2)10(6-11)9(3)5-7;;1-3-2/h4-5H,1-3H3;;(H,1,2). The number of carbonyl (C=O) groups is 1. The van der Waals surface area contributed by atoms with Gasteiger partial charge in [0.25, 0.3) is 0 Å². The summed E-state index contributed by atoms with van der Waals surface area (Å²) in [6.45, 7) is 6.07. The van der Waals surface area contributed by atoms with Crippen LogP contribution in [0.5, 0.6) is 0 Å². The molecule has 0 spiro atoms. The molecule has 0 saturated carbocycles. The molecular weight excluding hydrogens is 222 g/mol. The van der Waals surface area contributed by atoms with E-state index in [4.69, 9.17) is 9.46 Å². The summed E-state index contributed by atoms with van der Waals surface area (Å²) >= 11 is 0.613. The Morgan fingerprint density at radius 1 is 1.27 bits per heavy atom. The largest absolute Gasteiger partial charge is 0.324 e. The molecule has 1 aromatic rings. The average molecular weight is 234 g/mol. The molecule has 1 aromatic carbocycles. The third kappa shape index (κ3) is 5.01. The summed E-state index contributed by atoms with van der Waals surface area (Å²) in [5.41, 5.74) is 4.41. The van der Waals surface area contributed by atoms with Crippen molar-refractivity contribution in [3.8, 4) is 0 Å². The van der Waals surface area contributed by atoms with Gasteiger partial charge in [-0.05, 0) is 0 Å². The quantitative estimate of drug-likeness (QED) is 0.598. The van der Waals surface area contributed by atoms with Crippen molar-refractivity contribution in [2.75, 3.05) is 0 Å². The van der Waals surface area contributed by atoms with Crippen molar-refractivity contribution >= 4 is 39.7 Å². The van der Waals surface area contributed by atoms with Gasteiger partial charge in [-0.15, -0.1) is 0 Å². The van der Waals surface area contributed by atoms with Gasteiger partial charge in [-0.2, -0.15) is 0 Å². The fraction of sp³-hybridized carbons (Fsp3) is 0.300. The van der Waals surface area contributed by atoms with Crippen LogP contribution in [0.1, 0.15) is 27.0 Å². The maximum absolute atomic E-state index is 11.3. The molecule has 0 heterocycles. The molecule has 0 atom stereocenters. The van der Waals surface area contributed by atoms with Gasteiger partial charge in [-0.3, -0.25) is 0 Å². The molecule has 1 N–H and O–H groups in total. The number of aryl methyl sites for hydroxylation is 3. The minimum absolute atomic E-state index is 0.296. The van der Waals surface area contributed by atoms with E-state index in [0.717, 1.165) is 16.7 Å². The first-order chi connectivity index (χ1) is 6.93. The molecule has 0 saturated heterocycles. The summed E-state index contributed by atoms with van der Waals surface area (Å²) in [4.78, 5) is 18.2. The van der Waals surface area contributed by atoms with E-state index >= 15 is 0 Å². The molecule has 76 valence electrons. The van der Waals surface area contributed by atoms with Crippen LogP contribution in [0.2, 0.25) is 0 Å². The smallest absolute Gasteiger partial charge is 0.310 e. The van der Waals surface area contributed by atoms with Crippen molar-refractivity contribution in [3.63, 3.8) is 0 Å². The van der Waals surface area contributed by atoms with E-state index in [0.29, 0.717) is 31.0 Å². The Hall–Kier alpha value is -0.0500. The second kappa shape index (κ2) is 7.26. The van der Waals surface area contributed by atoms with Crippen LogP contribution < -0.4 is 0 Å². The molecule has 0 aliphatic rings. The summed E-state index contributed by atoms with van der Waals surface area (Å²) < 4.78 is 8.75. The second-order valence-corrected chi connectivity index (χ2v) is 4.48. The van der Waals surface area contributed by atoms with E-state index in [1.54, 1.807) is 0 Å². The Kier molecular flexibility index (Phi) is 7.24. The van der Waals surface area contributed by atoms with Crippen molar-refractivity contribution < 1.29 is 14.3 Å². The van der Waals surface area contributed by atoms with Crippen molar-refractivity contribution in [1.29, 1.82) is 0 Å². The van der Waals surface area contributed by atoms with E-state index in [1.165, 1.54) is 5.56 Å². The fourth-order valence-corrected chi connectivity index (χ4v) is 2.52. The summed E-state index contributed by atoms with van der Waals surface area (Å²) in [5, 5.41) is 0. The van der Waals surface area contributed by atoms with Crippen LogP contribution in [0.3, 0.4) is 0 Å². The third-order valence-electron chi connectivity index (χ3n) is 2.03. The number of hydrogen-bond donors (Lipinski definition) is 1. The van der Waals surface area contributed by atoms with Crippen molar-refractivity contribution in [3.05, 3.63) is 34.4 Å². The van der Waals surface area contributed by atoms with E-state index in [9.17, 15) is 4.79 Å². The van der Waals surface area contributed by atoms with Crippen molar-refractivity contribution in [2.24, 2.45) is 0 Å². The van der Waals surface area contributed by atoms with Crippen molar-refractivity contribution in [2.45, 2.75) is 20.8 Å². The minimum atomic E-state index is -0.833. The van der Waals surface area contributed by atoms with Crippen LogP contribution in [-0.4, -0.2) is 35.9 Å². The van der Waals surface area contributed by atoms with Gasteiger partial charge >= 0.3 is 99.6 Å². The molecule has 0 amide bonds. The van der Waals surface area contributed by atoms with E-state index in [1.807, 2.05) is 13.8 Å². The summed E-state index contributed by atoms with van der Waals surface area (Å²) in [5.74, 6) is 0. The monoisotopic (exact) mass is 234 g/mol. The van der Waals surface area contributed by atoms with Gasteiger partial charge < -0.3 is 4.89 Å². The van der Waals surface area contributed by atoms with Crippen LogP contribution in [0, 0.1) is 20.8 Å². The minimum Gasteiger partial charge on any atom is -0.310 e. The van der Waals surface area contributed by atoms with Crippen LogP contribution >= 0.6 is 8.69 Å². The van der Waals surface area contributed by atoms with E-state index in [2.05, 4.69) is 19.1 Å². The van der Waals surface area contributed by atoms with Gasteiger partial charge in [0.1, 0.15) is 0 Å². The summed E-state index contributed by atoms with van der Waals surface area (Å²) in [6, 6.07) is 4.14. The summed E-state index contributed by atoms with van der Waals surface area (Å²) in [6.07, 6.45) is 0. The first-order valence-electron chi connectivity index (χ1n) is 4.49. The topological polar surface area (TPSA) is 54.4 Å². The SMILES string of the molecule is Cc1cc(C)c([C](=O)[Na])c(C)c1.O=PO. The number of hydrogen-bond acceptors (Lipinski definition) is 2. The first kappa shape index (κ1) is 14.9. The van der Waals surface area contributed by atoms with Crippen LogP contribution in [0.4, 0.5) is 0 Å². The Morgan fingerprint density at radius 3 is 1.87 bits per heavy atom. The molecule has 0 radical (unpaired) electrons. The molecule has 15 heavy (non-hydrogen) atoms. The molecule has 0 aliphatic carbocycles. The number of carbonyl (C=O) groups excluding carboxylic acids is 1. The zero-order valence-electron chi connectivity index (χ0n) is 9.37. The molecule has 0 aromatic heterocycles. The van der Waals surface area contributed by atoms with Crippen molar-refractivity contribution in [1.82, 2.24) is 0 Å². The Labute approximate surface area is 109 Å². The Bertz CT molecular complexity index is 354. The summed E-state index contributed by atoms with van der Waals surface area (Å²) in [7, 11) is -0.833. The van der Waals surface area contributed by atoms with Gasteiger partial charge in [-0.1, -0.05) is 0 Å². The molecule has 1 rings (SSSR count). The maximum atomic E-state index is 11.3. The molecule has 0 unspecified atom stereocenters. The van der Waals surface area contributed by atoms with E-state index < -0.39 is 8.69 Å². The molecular formula is C10H12NaO3P. The van der Waals surface area contributed by atoms with Crippen LogP contribution in [0.15, 0.2) is 12.1 Å². The third-order valence-corrected chi connectivity index (χ3v) is 2.53. The molecule has 0 aliphatic heterocycles. The van der Waals surface area contributed by atoms with Crippen LogP contribution in [-0.2, 0) is 4.57 Å². The molecule has 5 heteroatoms. The zero-order chi connectivity index (χ0) is 12.0. The maximum Gasteiger partial charge on any atom is 0.324 e. The fourth-order valence-electron chi connectivity index (χ4n) is 1.74. The zero-order valence-corrected chi connectivity index (χ0v) is 12.3. The van der Waals surface area contributed by atoms with Gasteiger partial charge in [0.2, 0.25) is 0 Å². The van der Waals surface area contributed by atoms with E-state index in [-0.39, 0.29) is 0 Å². The van der Waals surface area contributed by atoms with Gasteiger partial charge in [0.05, 0.1) is 0 Å². The predicted octanol–water partition coefficient (Wildman–Crippen LogP) is 2.11. The van der Waals surface area contributed by atoms with Crippen LogP contribution in [0.25, 0.3) is 0 Å². The first-order valence-corrected chi connectivity index (χ1v) is 6.26. The molecule has 3 nitrogen and oxygen atoms in total. The van der Waals surface area contributed by atoms with Gasteiger partial charge in [0, 0.05) is 0 Å². The second-order valence-electron chi connectivity index (χ2n) is 3.41.